The summed E-state index contributed by atoms with van der Waals surface area (Å²) in [4.78, 5) is 23.4. The minimum Gasteiger partial charge on any atom is -0.354 e. The Kier molecular flexibility index (Phi) is 6.75. The monoisotopic (exact) mass is 348 g/mol. The van der Waals surface area contributed by atoms with Crippen LogP contribution in [0.1, 0.15) is 11.1 Å². The summed E-state index contributed by atoms with van der Waals surface area (Å²) < 4.78 is 13.4. The summed E-state index contributed by atoms with van der Waals surface area (Å²) in [6.07, 6.45) is 0.580. The van der Waals surface area contributed by atoms with Gasteiger partial charge < -0.3 is 10.6 Å². The zero-order chi connectivity index (χ0) is 17.4. The molecule has 0 saturated heterocycles. The lowest BCUT2D eigenvalue weighted by atomic mass is 10.1. The molecule has 2 N–H and O–H groups in total. The third-order valence-corrected chi connectivity index (χ3v) is 3.66. The maximum atomic E-state index is 13.4. The van der Waals surface area contributed by atoms with Crippen LogP contribution in [0, 0.1) is 5.82 Å². The van der Waals surface area contributed by atoms with Crippen LogP contribution >= 0.6 is 11.6 Å². The number of benzene rings is 2. The first kappa shape index (κ1) is 17.9. The highest BCUT2D eigenvalue weighted by Crippen LogP contribution is 2.09. The number of carbonyl (C=O) groups is 2. The number of rotatable bonds is 7. The molecular formula is C18H18ClFN2O2. The van der Waals surface area contributed by atoms with Gasteiger partial charge in [-0.1, -0.05) is 41.9 Å². The van der Waals surface area contributed by atoms with E-state index >= 15 is 0 Å². The van der Waals surface area contributed by atoms with E-state index in [1.165, 1.54) is 6.07 Å². The highest BCUT2D eigenvalue weighted by Gasteiger charge is 2.09. The number of carbonyl (C=O) groups excluding carboxylic acids is 2. The van der Waals surface area contributed by atoms with Gasteiger partial charge in [0.1, 0.15) is 5.82 Å². The summed E-state index contributed by atoms with van der Waals surface area (Å²) in [5.41, 5.74) is 1.36. The molecule has 0 aliphatic heterocycles. The van der Waals surface area contributed by atoms with Gasteiger partial charge in [-0.2, -0.15) is 0 Å². The lowest BCUT2D eigenvalue weighted by molar-refractivity contribution is -0.125. The first-order valence-electron chi connectivity index (χ1n) is 7.56. The molecule has 0 unspecified atom stereocenters. The van der Waals surface area contributed by atoms with Crippen molar-refractivity contribution in [2.24, 2.45) is 0 Å². The molecule has 6 heteroatoms. The Bertz CT molecular complexity index is 704. The molecule has 2 aromatic carbocycles. The van der Waals surface area contributed by atoms with Gasteiger partial charge in [0.15, 0.2) is 0 Å². The molecule has 24 heavy (non-hydrogen) atoms. The summed E-state index contributed by atoms with van der Waals surface area (Å²) in [5, 5.41) is 5.86. The molecule has 0 aromatic heterocycles. The Balaban J connectivity index is 1.66. The predicted octanol–water partition coefficient (Wildman–Crippen LogP) is 2.50. The van der Waals surface area contributed by atoms with Crippen molar-refractivity contribution < 1.29 is 14.0 Å². The van der Waals surface area contributed by atoms with Crippen molar-refractivity contribution in [3.8, 4) is 0 Å². The van der Waals surface area contributed by atoms with Gasteiger partial charge in [-0.25, -0.2) is 4.39 Å². The molecule has 0 saturated carbocycles. The number of amides is 2. The number of nitrogens with one attached hydrogen (secondary N) is 2. The molecule has 0 spiro atoms. The van der Waals surface area contributed by atoms with E-state index in [1.807, 2.05) is 12.1 Å². The van der Waals surface area contributed by atoms with Gasteiger partial charge in [-0.3, -0.25) is 9.59 Å². The van der Waals surface area contributed by atoms with Crippen molar-refractivity contribution in [3.63, 3.8) is 0 Å². The van der Waals surface area contributed by atoms with Gasteiger partial charge in [0.05, 0.1) is 13.0 Å². The molecule has 0 heterocycles. The van der Waals surface area contributed by atoms with Gasteiger partial charge in [-0.05, 0) is 35.7 Å². The zero-order valence-corrected chi connectivity index (χ0v) is 13.8. The van der Waals surface area contributed by atoms with E-state index in [1.54, 1.807) is 30.3 Å². The highest BCUT2D eigenvalue weighted by atomic mass is 35.5. The van der Waals surface area contributed by atoms with Gasteiger partial charge in [0.2, 0.25) is 11.8 Å². The van der Waals surface area contributed by atoms with E-state index in [-0.39, 0.29) is 18.9 Å². The highest BCUT2D eigenvalue weighted by molar-refractivity contribution is 6.30. The van der Waals surface area contributed by atoms with Crippen molar-refractivity contribution in [2.75, 3.05) is 13.1 Å². The Hall–Kier alpha value is -2.40. The largest absolute Gasteiger partial charge is 0.354 e. The van der Waals surface area contributed by atoms with Gasteiger partial charge in [-0.15, -0.1) is 0 Å². The summed E-state index contributed by atoms with van der Waals surface area (Å²) in [6, 6.07) is 13.4. The third kappa shape index (κ3) is 6.01. The van der Waals surface area contributed by atoms with Crippen molar-refractivity contribution in [2.45, 2.75) is 12.8 Å². The lowest BCUT2D eigenvalue weighted by Crippen LogP contribution is -2.38. The molecule has 2 rings (SSSR count). The third-order valence-electron chi connectivity index (χ3n) is 3.40. The topological polar surface area (TPSA) is 58.2 Å². The molecule has 0 radical (unpaired) electrons. The van der Waals surface area contributed by atoms with Crippen LogP contribution in [0.15, 0.2) is 48.5 Å². The minimum absolute atomic E-state index is 0.0925. The standard InChI is InChI=1S/C18H18ClFN2O2/c19-15-7-5-13(6-8-15)9-10-21-18(24)12-22-17(23)11-14-3-1-2-4-16(14)20/h1-8H,9-12H2,(H,21,24)(H,22,23). The molecule has 2 aromatic rings. The van der Waals surface area contributed by atoms with Gasteiger partial charge >= 0.3 is 0 Å². The molecule has 2 amide bonds. The number of halogens is 2. The fourth-order valence-corrected chi connectivity index (χ4v) is 2.24. The molecule has 0 bridgehead atoms. The van der Waals surface area contributed by atoms with Crippen LogP contribution in [-0.2, 0) is 22.4 Å². The van der Waals surface area contributed by atoms with E-state index in [9.17, 15) is 14.0 Å². The zero-order valence-electron chi connectivity index (χ0n) is 13.0. The normalized spacial score (nSPS) is 10.2. The molecular weight excluding hydrogens is 331 g/mol. The van der Waals surface area contributed by atoms with E-state index < -0.39 is 11.7 Å². The predicted molar refractivity (Wildman–Crippen MR) is 91.3 cm³/mol. The van der Waals surface area contributed by atoms with Crippen molar-refractivity contribution in [1.29, 1.82) is 0 Å². The fraction of sp³-hybridized carbons (Fsp3) is 0.222. The first-order valence-corrected chi connectivity index (χ1v) is 7.93. The van der Waals surface area contributed by atoms with Crippen LogP contribution < -0.4 is 10.6 Å². The Morgan fingerprint density at radius 2 is 1.67 bits per heavy atom. The molecule has 4 nitrogen and oxygen atoms in total. The van der Waals surface area contributed by atoms with Gasteiger partial charge in [0.25, 0.3) is 0 Å². The molecule has 0 fully saturated rings. The Morgan fingerprint density at radius 1 is 0.958 bits per heavy atom. The summed E-state index contributed by atoms with van der Waals surface area (Å²) in [6.45, 7) is 0.331. The van der Waals surface area contributed by atoms with Crippen LogP contribution in [0.3, 0.4) is 0 Å². The smallest absolute Gasteiger partial charge is 0.239 e. The second-order valence-electron chi connectivity index (χ2n) is 5.27. The molecule has 126 valence electrons. The molecule has 0 aliphatic carbocycles. The SMILES string of the molecule is O=C(CNC(=O)Cc1ccccc1F)NCCc1ccc(Cl)cc1. The molecule has 0 atom stereocenters. The van der Waals surface area contributed by atoms with Crippen LogP contribution in [0.25, 0.3) is 0 Å². The summed E-state index contributed by atoms with van der Waals surface area (Å²) >= 11 is 5.80. The maximum Gasteiger partial charge on any atom is 0.239 e. The first-order chi connectivity index (χ1) is 11.5. The average Bonchev–Trinajstić information content (AvgIpc) is 2.57. The van der Waals surface area contributed by atoms with E-state index in [0.717, 1.165) is 5.56 Å². The van der Waals surface area contributed by atoms with Crippen LogP contribution in [0.5, 0.6) is 0 Å². The van der Waals surface area contributed by atoms with E-state index in [2.05, 4.69) is 10.6 Å². The number of hydrogen-bond acceptors (Lipinski definition) is 2. The summed E-state index contributed by atoms with van der Waals surface area (Å²) in [5.74, 6) is -1.11. The number of hydrogen-bond donors (Lipinski definition) is 2. The Morgan fingerprint density at radius 3 is 2.38 bits per heavy atom. The maximum absolute atomic E-state index is 13.4. The second-order valence-corrected chi connectivity index (χ2v) is 5.71. The summed E-state index contributed by atoms with van der Waals surface area (Å²) in [7, 11) is 0. The van der Waals surface area contributed by atoms with Crippen LogP contribution in [-0.4, -0.2) is 24.9 Å². The fourth-order valence-electron chi connectivity index (χ4n) is 2.12. The van der Waals surface area contributed by atoms with E-state index in [4.69, 9.17) is 11.6 Å². The average molecular weight is 349 g/mol. The van der Waals surface area contributed by atoms with Crippen molar-refractivity contribution in [1.82, 2.24) is 10.6 Å². The van der Waals surface area contributed by atoms with Gasteiger partial charge in [0, 0.05) is 11.6 Å². The van der Waals surface area contributed by atoms with Crippen LogP contribution in [0.2, 0.25) is 5.02 Å². The molecule has 0 aliphatic rings. The van der Waals surface area contributed by atoms with Crippen molar-refractivity contribution >= 4 is 23.4 Å². The lowest BCUT2D eigenvalue weighted by Gasteiger charge is -2.08. The second kappa shape index (κ2) is 9.03. The minimum atomic E-state index is -0.430. The Labute approximate surface area is 145 Å². The van der Waals surface area contributed by atoms with Crippen molar-refractivity contribution in [3.05, 3.63) is 70.5 Å². The van der Waals surface area contributed by atoms with Crippen LogP contribution in [0.4, 0.5) is 4.39 Å². The quantitative estimate of drug-likeness (QED) is 0.807. The van der Waals surface area contributed by atoms with E-state index in [0.29, 0.717) is 23.6 Å².